The highest BCUT2D eigenvalue weighted by atomic mass is 19.4. The van der Waals surface area contributed by atoms with Crippen LogP contribution in [0.4, 0.5) is 67.2 Å². The molecule has 0 aliphatic carbocycles. The summed E-state index contributed by atoms with van der Waals surface area (Å²) in [5.74, 6) is -24.6. The van der Waals surface area contributed by atoms with Crippen LogP contribution in [0.1, 0.15) is 0 Å². The zero-order chi connectivity index (χ0) is 23.2. The molecule has 29 heavy (non-hydrogen) atoms. The Balaban J connectivity index is 3.39. The molecule has 0 saturated carbocycles. The van der Waals surface area contributed by atoms with E-state index < -0.39 is 59.3 Å². The number of carbonyl (C=O) groups is 1. The van der Waals surface area contributed by atoms with Crippen LogP contribution >= 0.6 is 0 Å². The number of rotatable bonds is 5. The molecule has 1 aromatic carbocycles. The van der Waals surface area contributed by atoms with Gasteiger partial charge in [-0.15, -0.1) is 0 Å². The van der Waals surface area contributed by atoms with Crippen molar-refractivity contribution in [2.45, 2.75) is 30.2 Å². The Morgan fingerprint density at radius 1 is 0.759 bits per heavy atom. The van der Waals surface area contributed by atoms with Gasteiger partial charge in [-0.05, 0) is 12.1 Å². The predicted octanol–water partition coefficient (Wildman–Crippen LogP) is 5.08. The third kappa shape index (κ3) is 4.32. The molecule has 3 nitrogen and oxygen atoms in total. The Bertz CT molecular complexity index is 786. The van der Waals surface area contributed by atoms with Gasteiger partial charge in [0, 0.05) is 0 Å². The number of alkyl halides is 11. The van der Waals surface area contributed by atoms with E-state index in [1.807, 2.05) is 4.74 Å². The second-order valence-corrected chi connectivity index (χ2v) is 4.96. The van der Waals surface area contributed by atoms with Crippen LogP contribution in [0.5, 0.6) is 0 Å². The van der Waals surface area contributed by atoms with Gasteiger partial charge >= 0.3 is 30.2 Å². The Labute approximate surface area is 149 Å². The SMILES string of the molecule is O=C(Nc1ccc(F)c(F)c1F)[C@](F)(OC(F)(F)C(F)(F)C(F)(F)F)C(F)(F)F. The maximum atomic E-state index is 13.9. The van der Waals surface area contributed by atoms with Gasteiger partial charge in [0.2, 0.25) is 0 Å². The number of nitrogens with one attached hydrogen (secondary N) is 1. The summed E-state index contributed by atoms with van der Waals surface area (Å²) in [5, 5.41) is 0.438. The third-order valence-electron chi connectivity index (χ3n) is 2.93. The molecular formula is C12H3F14NO2. The average molecular weight is 459 g/mol. The van der Waals surface area contributed by atoms with E-state index in [9.17, 15) is 66.3 Å². The summed E-state index contributed by atoms with van der Waals surface area (Å²) in [6.07, 6.45) is -21.6. The fraction of sp³-hybridized carbons (Fsp3) is 0.417. The highest BCUT2D eigenvalue weighted by Crippen LogP contribution is 2.51. The first-order chi connectivity index (χ1) is 12.7. The number of amides is 1. The van der Waals surface area contributed by atoms with Crippen molar-refractivity contribution in [3.05, 3.63) is 29.6 Å². The van der Waals surface area contributed by atoms with Crippen LogP contribution in [0.25, 0.3) is 0 Å². The summed E-state index contributed by atoms with van der Waals surface area (Å²) in [5.41, 5.74) is -1.82. The summed E-state index contributed by atoms with van der Waals surface area (Å²) in [7, 11) is 0. The summed E-state index contributed by atoms with van der Waals surface area (Å²) < 4.78 is 180. The molecule has 1 rings (SSSR count). The number of hydrogen-bond donors (Lipinski definition) is 1. The molecule has 166 valence electrons. The molecule has 0 heterocycles. The fourth-order valence-electron chi connectivity index (χ4n) is 1.46. The van der Waals surface area contributed by atoms with Crippen LogP contribution in [0.3, 0.4) is 0 Å². The molecule has 0 aliphatic rings. The van der Waals surface area contributed by atoms with Gasteiger partial charge in [-0.1, -0.05) is 0 Å². The molecule has 0 fully saturated rings. The molecule has 0 aromatic heterocycles. The zero-order valence-electron chi connectivity index (χ0n) is 12.8. The number of hydrogen-bond acceptors (Lipinski definition) is 2. The molecule has 0 unspecified atom stereocenters. The van der Waals surface area contributed by atoms with Crippen molar-refractivity contribution in [3.63, 3.8) is 0 Å². The van der Waals surface area contributed by atoms with Gasteiger partial charge in [0.1, 0.15) is 0 Å². The average Bonchev–Trinajstić information content (AvgIpc) is 2.52. The van der Waals surface area contributed by atoms with Crippen LogP contribution in [-0.2, 0) is 9.53 Å². The van der Waals surface area contributed by atoms with E-state index in [1.54, 1.807) is 0 Å². The largest absolute Gasteiger partial charge is 0.462 e. The summed E-state index contributed by atoms with van der Waals surface area (Å²) >= 11 is 0. The van der Waals surface area contributed by atoms with Gasteiger partial charge in [-0.25, -0.2) is 13.2 Å². The van der Waals surface area contributed by atoms with Gasteiger partial charge in [0.15, 0.2) is 17.5 Å². The maximum Gasteiger partial charge on any atom is 0.462 e. The van der Waals surface area contributed by atoms with Crippen molar-refractivity contribution in [2.24, 2.45) is 0 Å². The summed E-state index contributed by atoms with van der Waals surface area (Å²) in [6.45, 7) is 0. The van der Waals surface area contributed by atoms with E-state index in [4.69, 9.17) is 0 Å². The van der Waals surface area contributed by atoms with E-state index >= 15 is 0 Å². The number of anilines is 1. The lowest BCUT2D eigenvalue weighted by Crippen LogP contribution is -2.62. The number of benzene rings is 1. The Kier molecular flexibility index (Phi) is 6.11. The first-order valence-corrected chi connectivity index (χ1v) is 6.42. The molecule has 17 heteroatoms. The third-order valence-corrected chi connectivity index (χ3v) is 2.93. The topological polar surface area (TPSA) is 38.3 Å². The van der Waals surface area contributed by atoms with Crippen LogP contribution in [0.2, 0.25) is 0 Å². The van der Waals surface area contributed by atoms with Crippen molar-refractivity contribution < 1.29 is 71.0 Å². The smallest absolute Gasteiger partial charge is 0.318 e. The molecule has 0 bridgehead atoms. The fourth-order valence-corrected chi connectivity index (χ4v) is 1.46. The van der Waals surface area contributed by atoms with Crippen molar-refractivity contribution in [1.29, 1.82) is 0 Å². The lowest BCUT2D eigenvalue weighted by molar-refractivity contribution is -0.472. The number of ether oxygens (including phenoxy) is 1. The molecule has 0 radical (unpaired) electrons. The van der Waals surface area contributed by atoms with Crippen molar-refractivity contribution in [2.75, 3.05) is 5.32 Å². The number of halogens is 14. The monoisotopic (exact) mass is 459 g/mol. The minimum Gasteiger partial charge on any atom is -0.318 e. The summed E-state index contributed by atoms with van der Waals surface area (Å²) in [4.78, 5) is 11.3. The van der Waals surface area contributed by atoms with Crippen LogP contribution in [-0.4, -0.2) is 36.1 Å². The molecule has 0 spiro atoms. The van der Waals surface area contributed by atoms with E-state index in [-0.39, 0.29) is 12.1 Å². The van der Waals surface area contributed by atoms with E-state index in [0.29, 0.717) is 5.32 Å². The predicted molar refractivity (Wildman–Crippen MR) is 61.9 cm³/mol. The summed E-state index contributed by atoms with van der Waals surface area (Å²) in [6, 6.07) is -0.0975. The first-order valence-electron chi connectivity index (χ1n) is 6.42. The highest BCUT2D eigenvalue weighted by molar-refractivity contribution is 5.97. The normalized spacial score (nSPS) is 15.8. The van der Waals surface area contributed by atoms with Gasteiger partial charge in [0.05, 0.1) is 5.69 Å². The highest BCUT2D eigenvalue weighted by Gasteiger charge is 2.79. The molecule has 1 atom stereocenters. The molecule has 1 aromatic rings. The molecule has 1 N–H and O–H groups in total. The van der Waals surface area contributed by atoms with Gasteiger partial charge in [0.25, 0.3) is 5.91 Å². The van der Waals surface area contributed by atoms with Crippen molar-refractivity contribution in [1.82, 2.24) is 0 Å². The Morgan fingerprint density at radius 2 is 1.24 bits per heavy atom. The molecular weight excluding hydrogens is 456 g/mol. The van der Waals surface area contributed by atoms with Crippen LogP contribution in [0.15, 0.2) is 12.1 Å². The van der Waals surface area contributed by atoms with E-state index in [1.165, 1.54) is 0 Å². The second kappa shape index (κ2) is 7.17. The zero-order valence-corrected chi connectivity index (χ0v) is 12.8. The Hall–Kier alpha value is -2.33. The van der Waals surface area contributed by atoms with E-state index in [2.05, 4.69) is 0 Å². The second-order valence-electron chi connectivity index (χ2n) is 4.96. The molecule has 0 saturated heterocycles. The standard InChI is InChI=1S/C12H3F14NO2/c13-3-1-2-4(6(15)5(3)14)27-7(28)8(16,10(19,20)21)29-12(25,26)9(17,18)11(22,23)24/h1-2H,(H,27,28)/t8-/m0/s1. The lowest BCUT2D eigenvalue weighted by Gasteiger charge is -2.34. The maximum absolute atomic E-state index is 13.9. The van der Waals surface area contributed by atoms with Crippen molar-refractivity contribution in [3.8, 4) is 0 Å². The quantitative estimate of drug-likeness (QED) is 0.493. The van der Waals surface area contributed by atoms with Crippen LogP contribution in [0, 0.1) is 17.5 Å². The first kappa shape index (κ1) is 24.7. The minimum absolute atomic E-state index is 0.0468. The molecule has 0 aliphatic heterocycles. The van der Waals surface area contributed by atoms with E-state index in [0.717, 1.165) is 0 Å². The van der Waals surface area contributed by atoms with Crippen molar-refractivity contribution >= 4 is 11.6 Å². The Morgan fingerprint density at radius 3 is 1.66 bits per heavy atom. The minimum atomic E-state index is -7.42. The van der Waals surface area contributed by atoms with Gasteiger partial charge in [-0.2, -0.15) is 48.3 Å². The number of carbonyl (C=O) groups excluding carboxylic acids is 1. The van der Waals surface area contributed by atoms with Crippen LogP contribution < -0.4 is 5.32 Å². The lowest BCUT2D eigenvalue weighted by atomic mass is 10.2. The van der Waals surface area contributed by atoms with Gasteiger partial charge < -0.3 is 5.32 Å². The molecule has 1 amide bonds. The van der Waals surface area contributed by atoms with Gasteiger partial charge in [-0.3, -0.25) is 9.53 Å².